The van der Waals surface area contributed by atoms with Crippen molar-refractivity contribution in [1.82, 2.24) is 0 Å². The average Bonchev–Trinajstić information content (AvgIpc) is 2.82. The van der Waals surface area contributed by atoms with Gasteiger partial charge in [0.25, 0.3) is 0 Å². The van der Waals surface area contributed by atoms with Gasteiger partial charge in [0.05, 0.1) is 12.2 Å². The molecule has 8 heteroatoms. The van der Waals surface area contributed by atoms with Crippen LogP contribution < -0.4 is 14.2 Å². The number of esters is 4. The Morgan fingerprint density at radius 3 is 1.32 bits per heavy atom. The van der Waals surface area contributed by atoms with E-state index in [2.05, 4.69) is 6.92 Å². The van der Waals surface area contributed by atoms with E-state index >= 15 is 0 Å². The molecule has 0 aliphatic heterocycles. The molecule has 37 heavy (non-hydrogen) atoms. The van der Waals surface area contributed by atoms with Crippen molar-refractivity contribution < 1.29 is 38.1 Å². The van der Waals surface area contributed by atoms with Gasteiger partial charge in [0.15, 0.2) is 11.5 Å². The van der Waals surface area contributed by atoms with E-state index in [9.17, 15) is 19.2 Å². The summed E-state index contributed by atoms with van der Waals surface area (Å²) in [4.78, 5) is 47.1. The summed E-state index contributed by atoms with van der Waals surface area (Å²) in [6, 6.07) is 2.44. The summed E-state index contributed by atoms with van der Waals surface area (Å²) >= 11 is 0. The van der Waals surface area contributed by atoms with Crippen LogP contribution in [0, 0.1) is 0 Å². The van der Waals surface area contributed by atoms with Gasteiger partial charge in [-0.05, 0) is 18.6 Å². The van der Waals surface area contributed by atoms with Gasteiger partial charge in [-0.2, -0.15) is 0 Å². The van der Waals surface area contributed by atoms with E-state index in [-0.39, 0.29) is 29.4 Å². The van der Waals surface area contributed by atoms with E-state index in [1.165, 1.54) is 82.8 Å². The SMILES string of the molecule is CCCCCCCCCCCCCCCCOC(=O)c1cc(OC(C)=O)c(OC(C)=O)c(OC(C)=O)c1. The molecule has 208 valence electrons. The van der Waals surface area contributed by atoms with Gasteiger partial charge >= 0.3 is 23.9 Å². The van der Waals surface area contributed by atoms with E-state index in [1.807, 2.05) is 0 Å². The zero-order valence-electron chi connectivity index (χ0n) is 23.0. The molecular weight excluding hydrogens is 476 g/mol. The van der Waals surface area contributed by atoms with Gasteiger partial charge in [-0.25, -0.2) is 4.79 Å². The highest BCUT2D eigenvalue weighted by Crippen LogP contribution is 2.39. The first-order chi connectivity index (χ1) is 17.7. The Hall–Kier alpha value is -2.90. The number of hydrogen-bond acceptors (Lipinski definition) is 8. The van der Waals surface area contributed by atoms with Crippen LogP contribution in [0.5, 0.6) is 17.2 Å². The molecule has 0 heterocycles. The highest BCUT2D eigenvalue weighted by molar-refractivity contribution is 5.92. The fourth-order valence-corrected chi connectivity index (χ4v) is 3.94. The van der Waals surface area contributed by atoms with Crippen molar-refractivity contribution in [2.75, 3.05) is 6.61 Å². The lowest BCUT2D eigenvalue weighted by molar-refractivity contribution is -0.135. The molecule has 0 amide bonds. The molecular formula is C29H44O8. The Morgan fingerprint density at radius 2 is 0.946 bits per heavy atom. The molecule has 0 aliphatic carbocycles. The predicted molar refractivity (Wildman–Crippen MR) is 141 cm³/mol. The Bertz CT molecular complexity index is 824. The first-order valence-corrected chi connectivity index (χ1v) is 13.6. The number of hydrogen-bond donors (Lipinski definition) is 0. The second kappa shape index (κ2) is 19.2. The Morgan fingerprint density at radius 1 is 0.568 bits per heavy atom. The van der Waals surface area contributed by atoms with Crippen LogP contribution in [0.3, 0.4) is 0 Å². The molecule has 1 aromatic rings. The maximum atomic E-state index is 12.6. The molecule has 0 radical (unpaired) electrons. The maximum Gasteiger partial charge on any atom is 0.338 e. The molecule has 0 N–H and O–H groups in total. The Kier molecular flexibility index (Phi) is 16.7. The minimum Gasteiger partial charge on any atom is -0.462 e. The molecule has 0 atom stereocenters. The predicted octanol–water partition coefficient (Wildman–Crippen LogP) is 7.10. The third-order valence-electron chi connectivity index (χ3n) is 5.74. The maximum absolute atomic E-state index is 12.6. The van der Waals surface area contributed by atoms with Crippen LogP contribution in [0.2, 0.25) is 0 Å². The number of benzene rings is 1. The zero-order valence-corrected chi connectivity index (χ0v) is 23.0. The van der Waals surface area contributed by atoms with E-state index in [4.69, 9.17) is 18.9 Å². The fraction of sp³-hybridized carbons (Fsp3) is 0.655. The molecule has 0 bridgehead atoms. The van der Waals surface area contributed by atoms with Gasteiger partial charge < -0.3 is 18.9 Å². The first kappa shape index (κ1) is 32.1. The van der Waals surface area contributed by atoms with Gasteiger partial charge in [-0.1, -0.05) is 90.4 Å². The van der Waals surface area contributed by atoms with Crippen LogP contribution in [0.1, 0.15) is 128 Å². The molecule has 0 saturated heterocycles. The van der Waals surface area contributed by atoms with E-state index < -0.39 is 23.9 Å². The second-order valence-corrected chi connectivity index (χ2v) is 9.31. The van der Waals surface area contributed by atoms with Crippen LogP contribution in [0.4, 0.5) is 0 Å². The molecule has 0 fully saturated rings. The van der Waals surface area contributed by atoms with E-state index in [0.717, 1.165) is 40.0 Å². The highest BCUT2D eigenvalue weighted by Gasteiger charge is 2.23. The van der Waals surface area contributed by atoms with Crippen molar-refractivity contribution in [1.29, 1.82) is 0 Å². The van der Waals surface area contributed by atoms with Crippen LogP contribution in [0.15, 0.2) is 12.1 Å². The van der Waals surface area contributed by atoms with E-state index in [0.29, 0.717) is 0 Å². The van der Waals surface area contributed by atoms with Gasteiger partial charge in [-0.15, -0.1) is 0 Å². The van der Waals surface area contributed by atoms with Gasteiger partial charge in [0, 0.05) is 20.8 Å². The smallest absolute Gasteiger partial charge is 0.338 e. The lowest BCUT2D eigenvalue weighted by Crippen LogP contribution is -2.13. The monoisotopic (exact) mass is 520 g/mol. The number of unbranched alkanes of at least 4 members (excludes halogenated alkanes) is 13. The number of rotatable bonds is 19. The lowest BCUT2D eigenvalue weighted by Gasteiger charge is -2.14. The number of carbonyl (C=O) groups is 4. The lowest BCUT2D eigenvalue weighted by atomic mass is 10.0. The van der Waals surface area contributed by atoms with Crippen molar-refractivity contribution in [2.45, 2.75) is 118 Å². The van der Waals surface area contributed by atoms with Crippen LogP contribution >= 0.6 is 0 Å². The Balaban J connectivity index is 2.42. The summed E-state index contributed by atoms with van der Waals surface area (Å²) in [5.74, 6) is -3.47. The van der Waals surface area contributed by atoms with Crippen molar-refractivity contribution >= 4 is 23.9 Å². The van der Waals surface area contributed by atoms with Crippen LogP contribution in [0.25, 0.3) is 0 Å². The minimum atomic E-state index is -0.713. The van der Waals surface area contributed by atoms with E-state index in [1.54, 1.807) is 0 Å². The highest BCUT2D eigenvalue weighted by atomic mass is 16.6. The molecule has 1 rings (SSSR count). The Labute approximate surface area is 221 Å². The molecule has 0 spiro atoms. The topological polar surface area (TPSA) is 105 Å². The third kappa shape index (κ3) is 15.1. The zero-order chi connectivity index (χ0) is 27.5. The van der Waals surface area contributed by atoms with Crippen LogP contribution in [-0.2, 0) is 19.1 Å². The standard InChI is InChI=1S/C29H44O8/c1-5-6-7-8-9-10-11-12-13-14-15-16-17-18-19-34-29(33)25-20-26(35-22(2)30)28(37-24(4)32)27(21-25)36-23(3)31/h20-21H,5-19H2,1-4H3. The molecule has 0 aromatic heterocycles. The molecule has 0 unspecified atom stereocenters. The summed E-state index contributed by atoms with van der Waals surface area (Å²) in [6.07, 6.45) is 17.3. The van der Waals surface area contributed by atoms with Crippen molar-refractivity contribution in [3.8, 4) is 17.2 Å². The van der Waals surface area contributed by atoms with Gasteiger partial charge in [0.2, 0.25) is 5.75 Å². The normalized spacial score (nSPS) is 10.6. The van der Waals surface area contributed by atoms with Gasteiger partial charge in [-0.3, -0.25) is 14.4 Å². The summed E-state index contributed by atoms with van der Waals surface area (Å²) < 4.78 is 20.6. The fourth-order valence-electron chi connectivity index (χ4n) is 3.94. The summed E-state index contributed by atoms with van der Waals surface area (Å²) in [5.41, 5.74) is 0.00812. The minimum absolute atomic E-state index is 0.00812. The van der Waals surface area contributed by atoms with Crippen molar-refractivity contribution in [3.05, 3.63) is 17.7 Å². The molecule has 1 aromatic carbocycles. The summed E-state index contributed by atoms with van der Waals surface area (Å²) in [7, 11) is 0. The summed E-state index contributed by atoms with van der Waals surface area (Å²) in [6.45, 7) is 5.95. The third-order valence-corrected chi connectivity index (χ3v) is 5.74. The number of carbonyl (C=O) groups excluding carboxylic acids is 4. The number of ether oxygens (including phenoxy) is 4. The molecule has 8 nitrogen and oxygen atoms in total. The quantitative estimate of drug-likeness (QED) is 0.108. The van der Waals surface area contributed by atoms with Crippen molar-refractivity contribution in [3.63, 3.8) is 0 Å². The molecule has 0 saturated carbocycles. The second-order valence-electron chi connectivity index (χ2n) is 9.31. The summed E-state index contributed by atoms with van der Waals surface area (Å²) in [5, 5.41) is 0. The average molecular weight is 521 g/mol. The van der Waals surface area contributed by atoms with Crippen LogP contribution in [-0.4, -0.2) is 30.5 Å². The van der Waals surface area contributed by atoms with Gasteiger partial charge in [0.1, 0.15) is 0 Å². The largest absolute Gasteiger partial charge is 0.462 e. The van der Waals surface area contributed by atoms with Crippen molar-refractivity contribution in [2.24, 2.45) is 0 Å². The molecule has 0 aliphatic rings. The first-order valence-electron chi connectivity index (χ1n) is 13.6.